The van der Waals surface area contributed by atoms with E-state index in [4.69, 9.17) is 9.47 Å². The lowest BCUT2D eigenvalue weighted by atomic mass is 10.2. The van der Waals surface area contributed by atoms with Crippen molar-refractivity contribution >= 4 is 15.9 Å². The number of halogens is 1. The van der Waals surface area contributed by atoms with Gasteiger partial charge in [-0.1, -0.05) is 13.3 Å². The first-order valence-electron chi connectivity index (χ1n) is 6.09. The summed E-state index contributed by atoms with van der Waals surface area (Å²) in [6.45, 7) is 3.48. The molecule has 2 unspecified atom stereocenters. The number of nitrogens with one attached hydrogen (secondary N) is 1. The van der Waals surface area contributed by atoms with Crippen LogP contribution < -0.4 is 14.8 Å². The summed E-state index contributed by atoms with van der Waals surface area (Å²) in [5, 5.41) is 3.58. The summed E-state index contributed by atoms with van der Waals surface area (Å²) >= 11 is 3.51. The van der Waals surface area contributed by atoms with E-state index in [1.54, 1.807) is 0 Å². The van der Waals surface area contributed by atoms with Crippen LogP contribution in [0.4, 0.5) is 0 Å². The highest BCUT2D eigenvalue weighted by molar-refractivity contribution is 9.10. The third-order valence-electron chi connectivity index (χ3n) is 3.50. The fourth-order valence-electron chi connectivity index (χ4n) is 2.32. The van der Waals surface area contributed by atoms with E-state index in [-0.39, 0.29) is 0 Å². The maximum atomic E-state index is 5.40. The highest BCUT2D eigenvalue weighted by atomic mass is 79.9. The molecule has 3 nitrogen and oxygen atoms in total. The Morgan fingerprint density at radius 2 is 2.29 bits per heavy atom. The van der Waals surface area contributed by atoms with Crippen molar-refractivity contribution in [2.75, 3.05) is 6.79 Å². The predicted molar refractivity (Wildman–Crippen MR) is 69.3 cm³/mol. The molecule has 4 heteroatoms. The third-order valence-corrected chi connectivity index (χ3v) is 4.09. The second-order valence-corrected chi connectivity index (χ2v) is 5.56. The third kappa shape index (κ3) is 2.29. The van der Waals surface area contributed by atoms with Gasteiger partial charge in [-0.3, -0.25) is 0 Å². The molecule has 1 saturated carbocycles. The van der Waals surface area contributed by atoms with Gasteiger partial charge in [0, 0.05) is 12.6 Å². The van der Waals surface area contributed by atoms with E-state index < -0.39 is 0 Å². The SMILES string of the molecule is CCC1CC1NCc1cc(Br)c2c(c1)OCO2. The first-order chi connectivity index (χ1) is 8.28. The van der Waals surface area contributed by atoms with Gasteiger partial charge in [0.1, 0.15) is 0 Å². The minimum absolute atomic E-state index is 0.325. The zero-order valence-corrected chi connectivity index (χ0v) is 11.4. The molecule has 3 rings (SSSR count). The number of hydrogen-bond acceptors (Lipinski definition) is 3. The van der Waals surface area contributed by atoms with Gasteiger partial charge in [-0.25, -0.2) is 0 Å². The van der Waals surface area contributed by atoms with Gasteiger partial charge in [0.05, 0.1) is 4.47 Å². The topological polar surface area (TPSA) is 30.5 Å². The average molecular weight is 298 g/mol. The van der Waals surface area contributed by atoms with Crippen molar-refractivity contribution in [3.8, 4) is 11.5 Å². The molecule has 1 aromatic carbocycles. The zero-order valence-electron chi connectivity index (χ0n) is 9.83. The summed E-state index contributed by atoms with van der Waals surface area (Å²) in [4.78, 5) is 0. The molecule has 1 aromatic rings. The fourth-order valence-corrected chi connectivity index (χ4v) is 2.92. The van der Waals surface area contributed by atoms with Crippen molar-refractivity contribution in [2.24, 2.45) is 5.92 Å². The molecular formula is C13H16BrNO2. The molecule has 0 bridgehead atoms. The molecule has 0 aromatic heterocycles. The van der Waals surface area contributed by atoms with E-state index in [1.165, 1.54) is 18.4 Å². The monoisotopic (exact) mass is 297 g/mol. The molecule has 1 heterocycles. The van der Waals surface area contributed by atoms with Crippen LogP contribution in [-0.4, -0.2) is 12.8 Å². The van der Waals surface area contributed by atoms with Crippen LogP contribution in [0.3, 0.4) is 0 Å². The van der Waals surface area contributed by atoms with Gasteiger partial charge in [0.15, 0.2) is 11.5 Å². The highest BCUT2D eigenvalue weighted by Crippen LogP contribution is 2.40. The summed E-state index contributed by atoms with van der Waals surface area (Å²) < 4.78 is 11.8. The zero-order chi connectivity index (χ0) is 11.8. The molecule has 17 heavy (non-hydrogen) atoms. The molecule has 0 amide bonds. The lowest BCUT2D eigenvalue weighted by molar-refractivity contribution is 0.173. The number of rotatable bonds is 4. The second kappa shape index (κ2) is 4.50. The molecule has 92 valence electrons. The Balaban J connectivity index is 1.66. The molecule has 0 spiro atoms. The Bertz CT molecular complexity index is 436. The van der Waals surface area contributed by atoms with Gasteiger partial charge in [-0.05, 0) is 46.0 Å². The van der Waals surface area contributed by atoms with E-state index in [0.29, 0.717) is 12.8 Å². The second-order valence-electron chi connectivity index (χ2n) is 4.70. The van der Waals surface area contributed by atoms with E-state index in [9.17, 15) is 0 Å². The summed E-state index contributed by atoms with van der Waals surface area (Å²) in [6, 6.07) is 4.87. The number of ether oxygens (including phenoxy) is 2. The van der Waals surface area contributed by atoms with Gasteiger partial charge >= 0.3 is 0 Å². The van der Waals surface area contributed by atoms with Crippen LogP contribution >= 0.6 is 15.9 Å². The Hall–Kier alpha value is -0.740. The van der Waals surface area contributed by atoms with E-state index >= 15 is 0 Å². The summed E-state index contributed by atoms with van der Waals surface area (Å²) in [5.41, 5.74) is 1.24. The van der Waals surface area contributed by atoms with Crippen LogP contribution in [0.15, 0.2) is 16.6 Å². The molecule has 1 aliphatic heterocycles. The molecular weight excluding hydrogens is 282 g/mol. The number of fused-ring (bicyclic) bond motifs is 1. The Morgan fingerprint density at radius 1 is 1.41 bits per heavy atom. The van der Waals surface area contributed by atoms with Gasteiger partial charge in [-0.2, -0.15) is 0 Å². The highest BCUT2D eigenvalue weighted by Gasteiger charge is 2.34. The van der Waals surface area contributed by atoms with E-state index in [1.807, 2.05) is 0 Å². The summed E-state index contributed by atoms with van der Waals surface area (Å²) in [7, 11) is 0. The van der Waals surface area contributed by atoms with Gasteiger partial charge < -0.3 is 14.8 Å². The molecule has 1 aliphatic carbocycles. The summed E-state index contributed by atoms with van der Waals surface area (Å²) in [6.07, 6.45) is 2.60. The smallest absolute Gasteiger partial charge is 0.231 e. The van der Waals surface area contributed by atoms with Gasteiger partial charge in [0.2, 0.25) is 6.79 Å². The van der Waals surface area contributed by atoms with Crippen LogP contribution in [0.1, 0.15) is 25.3 Å². The van der Waals surface area contributed by atoms with Crippen LogP contribution in [-0.2, 0) is 6.54 Å². The van der Waals surface area contributed by atoms with Crippen molar-refractivity contribution in [3.05, 3.63) is 22.2 Å². The maximum absolute atomic E-state index is 5.40. The Morgan fingerprint density at radius 3 is 3.06 bits per heavy atom. The molecule has 0 radical (unpaired) electrons. The largest absolute Gasteiger partial charge is 0.454 e. The normalized spacial score (nSPS) is 25.1. The van der Waals surface area contributed by atoms with Gasteiger partial charge in [-0.15, -0.1) is 0 Å². The van der Waals surface area contributed by atoms with Crippen molar-refractivity contribution in [1.82, 2.24) is 5.32 Å². The first kappa shape index (κ1) is 11.4. The minimum Gasteiger partial charge on any atom is -0.454 e. The first-order valence-corrected chi connectivity index (χ1v) is 6.88. The minimum atomic E-state index is 0.325. The lowest BCUT2D eigenvalue weighted by Crippen LogP contribution is -2.17. The predicted octanol–water partition coefficient (Wildman–Crippen LogP) is 3.07. The van der Waals surface area contributed by atoms with Gasteiger partial charge in [0.25, 0.3) is 0 Å². The fraction of sp³-hybridized carbons (Fsp3) is 0.538. The van der Waals surface area contributed by atoms with E-state index in [2.05, 4.69) is 40.3 Å². The quantitative estimate of drug-likeness (QED) is 0.926. The molecule has 2 aliphatic rings. The number of benzene rings is 1. The van der Waals surface area contributed by atoms with E-state index in [0.717, 1.165) is 28.4 Å². The van der Waals surface area contributed by atoms with Crippen molar-refractivity contribution in [1.29, 1.82) is 0 Å². The molecule has 2 atom stereocenters. The molecule has 1 fully saturated rings. The Labute approximate surface area is 110 Å². The van der Waals surface area contributed by atoms with Crippen molar-refractivity contribution < 1.29 is 9.47 Å². The number of hydrogen-bond donors (Lipinski definition) is 1. The van der Waals surface area contributed by atoms with Crippen molar-refractivity contribution in [3.63, 3.8) is 0 Å². The van der Waals surface area contributed by atoms with Crippen LogP contribution in [0, 0.1) is 5.92 Å². The average Bonchev–Trinajstić information content (AvgIpc) is 2.93. The van der Waals surface area contributed by atoms with Crippen LogP contribution in [0.2, 0.25) is 0 Å². The van der Waals surface area contributed by atoms with Crippen LogP contribution in [0.5, 0.6) is 11.5 Å². The van der Waals surface area contributed by atoms with Crippen molar-refractivity contribution in [2.45, 2.75) is 32.4 Å². The van der Waals surface area contributed by atoms with Crippen LogP contribution in [0.25, 0.3) is 0 Å². The molecule has 1 N–H and O–H groups in total. The standard InChI is InChI=1S/C13H16BrNO2/c1-2-9-5-11(9)15-6-8-3-10(14)13-12(4-8)16-7-17-13/h3-4,9,11,15H,2,5-7H2,1H3. The maximum Gasteiger partial charge on any atom is 0.231 e. The molecule has 0 saturated heterocycles. The lowest BCUT2D eigenvalue weighted by Gasteiger charge is -2.06. The Kier molecular flexibility index (Phi) is 3.01. The summed E-state index contributed by atoms with van der Waals surface area (Å²) in [5.74, 6) is 2.55.